The summed E-state index contributed by atoms with van der Waals surface area (Å²) in [6.45, 7) is 1.57. The molecule has 100 valence electrons. The van der Waals surface area contributed by atoms with Crippen LogP contribution in [0.15, 0.2) is 12.1 Å². The SMILES string of the molecule is CC(CS(C)(=O)=O)NC(=O)c1ccc(C(=O)O)s1. The van der Waals surface area contributed by atoms with Gasteiger partial charge in [0.05, 0.1) is 10.6 Å². The van der Waals surface area contributed by atoms with Gasteiger partial charge in [0.2, 0.25) is 0 Å². The predicted molar refractivity (Wildman–Crippen MR) is 67.9 cm³/mol. The van der Waals surface area contributed by atoms with Crippen LogP contribution in [-0.2, 0) is 9.84 Å². The lowest BCUT2D eigenvalue weighted by Crippen LogP contribution is -2.36. The lowest BCUT2D eigenvalue weighted by molar-refractivity contribution is 0.0702. The maximum atomic E-state index is 11.7. The largest absolute Gasteiger partial charge is 0.477 e. The molecule has 8 heteroatoms. The molecule has 0 aliphatic heterocycles. The molecule has 0 radical (unpaired) electrons. The predicted octanol–water partition coefficient (Wildman–Crippen LogP) is 0.609. The molecule has 1 atom stereocenters. The van der Waals surface area contributed by atoms with Crippen molar-refractivity contribution in [3.05, 3.63) is 21.9 Å². The van der Waals surface area contributed by atoms with Gasteiger partial charge in [0, 0.05) is 12.3 Å². The number of sulfone groups is 1. The van der Waals surface area contributed by atoms with Gasteiger partial charge in [0.15, 0.2) is 0 Å². The molecule has 0 saturated heterocycles. The third-order valence-electron chi connectivity index (χ3n) is 1.97. The third kappa shape index (κ3) is 4.46. The Morgan fingerprint density at radius 2 is 1.94 bits per heavy atom. The van der Waals surface area contributed by atoms with Gasteiger partial charge in [-0.1, -0.05) is 0 Å². The Morgan fingerprint density at radius 3 is 2.39 bits per heavy atom. The average Bonchev–Trinajstić information content (AvgIpc) is 2.62. The van der Waals surface area contributed by atoms with Crippen LogP contribution in [0, 0.1) is 0 Å². The molecule has 1 heterocycles. The van der Waals surface area contributed by atoms with Gasteiger partial charge in [-0.25, -0.2) is 13.2 Å². The van der Waals surface area contributed by atoms with Gasteiger partial charge in [-0.15, -0.1) is 11.3 Å². The highest BCUT2D eigenvalue weighted by Crippen LogP contribution is 2.16. The normalized spacial score (nSPS) is 13.0. The summed E-state index contributed by atoms with van der Waals surface area (Å²) in [6, 6.07) is 2.21. The second kappa shape index (κ2) is 5.49. The molecule has 18 heavy (non-hydrogen) atoms. The summed E-state index contributed by atoms with van der Waals surface area (Å²) in [6.07, 6.45) is 1.09. The summed E-state index contributed by atoms with van der Waals surface area (Å²) in [7, 11) is -3.16. The molecule has 1 aromatic rings. The topological polar surface area (TPSA) is 101 Å². The number of carboxylic acid groups (broad SMARTS) is 1. The van der Waals surface area contributed by atoms with Crippen LogP contribution in [0.2, 0.25) is 0 Å². The standard InChI is InChI=1S/C10H13NO5S2/c1-6(5-18(2,15)16)11-9(12)7-3-4-8(17-7)10(13)14/h3-4,6H,5H2,1-2H3,(H,11,12)(H,13,14). The Morgan fingerprint density at radius 1 is 1.39 bits per heavy atom. The molecule has 0 spiro atoms. The van der Waals surface area contributed by atoms with E-state index in [1.165, 1.54) is 12.1 Å². The molecular formula is C10H13NO5S2. The van der Waals surface area contributed by atoms with Crippen LogP contribution in [0.5, 0.6) is 0 Å². The molecule has 0 aliphatic carbocycles. The van der Waals surface area contributed by atoms with E-state index in [4.69, 9.17) is 5.11 Å². The highest BCUT2D eigenvalue weighted by atomic mass is 32.2. The maximum Gasteiger partial charge on any atom is 0.345 e. The number of nitrogens with one attached hydrogen (secondary N) is 1. The quantitative estimate of drug-likeness (QED) is 0.827. The van der Waals surface area contributed by atoms with E-state index in [9.17, 15) is 18.0 Å². The van der Waals surface area contributed by atoms with Gasteiger partial charge in [-0.05, 0) is 19.1 Å². The van der Waals surface area contributed by atoms with Crippen molar-refractivity contribution in [2.75, 3.05) is 12.0 Å². The first-order valence-corrected chi connectivity index (χ1v) is 7.88. The van der Waals surface area contributed by atoms with E-state index < -0.39 is 27.8 Å². The van der Waals surface area contributed by atoms with E-state index in [1.54, 1.807) is 6.92 Å². The summed E-state index contributed by atoms with van der Waals surface area (Å²) < 4.78 is 22.1. The van der Waals surface area contributed by atoms with Crippen LogP contribution in [0.25, 0.3) is 0 Å². The molecule has 1 unspecified atom stereocenters. The van der Waals surface area contributed by atoms with Gasteiger partial charge in [-0.2, -0.15) is 0 Å². The minimum Gasteiger partial charge on any atom is -0.477 e. The third-order valence-corrected chi connectivity index (χ3v) is 4.15. The summed E-state index contributed by atoms with van der Waals surface area (Å²) in [5, 5.41) is 11.2. The van der Waals surface area contributed by atoms with Crippen LogP contribution >= 0.6 is 11.3 Å². The Balaban J connectivity index is 2.67. The van der Waals surface area contributed by atoms with E-state index in [2.05, 4.69) is 5.32 Å². The number of carboxylic acids is 1. The van der Waals surface area contributed by atoms with E-state index in [0.29, 0.717) is 0 Å². The smallest absolute Gasteiger partial charge is 0.345 e. The van der Waals surface area contributed by atoms with E-state index >= 15 is 0 Å². The molecule has 0 saturated carbocycles. The summed E-state index contributed by atoms with van der Waals surface area (Å²) in [5.41, 5.74) is 0. The Kier molecular flexibility index (Phi) is 4.47. The van der Waals surface area contributed by atoms with Crippen molar-refractivity contribution in [1.29, 1.82) is 0 Å². The summed E-state index contributed by atoms with van der Waals surface area (Å²) >= 11 is 0.848. The number of thiophene rings is 1. The van der Waals surface area contributed by atoms with Crippen molar-refractivity contribution in [3.63, 3.8) is 0 Å². The van der Waals surface area contributed by atoms with Crippen molar-refractivity contribution < 1.29 is 23.1 Å². The first kappa shape index (κ1) is 14.7. The Labute approximate surface area is 109 Å². The minimum atomic E-state index is -3.16. The number of rotatable bonds is 5. The monoisotopic (exact) mass is 291 g/mol. The zero-order valence-corrected chi connectivity index (χ0v) is 11.5. The molecule has 2 N–H and O–H groups in total. The molecular weight excluding hydrogens is 278 g/mol. The molecule has 1 rings (SSSR count). The number of hydrogen-bond donors (Lipinski definition) is 2. The minimum absolute atomic E-state index is 0.0657. The number of carbonyl (C=O) groups is 2. The van der Waals surface area contributed by atoms with Gasteiger partial charge >= 0.3 is 5.97 Å². The Hall–Kier alpha value is -1.41. The molecule has 0 fully saturated rings. The zero-order valence-electron chi connectivity index (χ0n) is 9.84. The maximum absolute atomic E-state index is 11.7. The molecule has 0 aromatic carbocycles. The van der Waals surface area contributed by atoms with Crippen molar-refractivity contribution in [2.45, 2.75) is 13.0 Å². The van der Waals surface area contributed by atoms with Crippen molar-refractivity contribution >= 4 is 33.1 Å². The highest BCUT2D eigenvalue weighted by molar-refractivity contribution is 7.90. The number of carbonyl (C=O) groups excluding carboxylic acids is 1. The fourth-order valence-electron chi connectivity index (χ4n) is 1.37. The summed E-state index contributed by atoms with van der Waals surface area (Å²) in [4.78, 5) is 22.6. The first-order valence-electron chi connectivity index (χ1n) is 5.01. The van der Waals surface area contributed by atoms with Gasteiger partial charge < -0.3 is 10.4 Å². The number of hydrogen-bond acceptors (Lipinski definition) is 5. The lowest BCUT2D eigenvalue weighted by atomic mass is 10.3. The van der Waals surface area contributed by atoms with Crippen molar-refractivity contribution in [1.82, 2.24) is 5.32 Å². The molecule has 0 aliphatic rings. The number of amides is 1. The molecule has 1 amide bonds. The van der Waals surface area contributed by atoms with Gasteiger partial charge in [-0.3, -0.25) is 4.79 Å². The Bertz CT molecular complexity index is 561. The second-order valence-corrected chi connectivity index (χ2v) is 7.20. The van der Waals surface area contributed by atoms with E-state index in [1.807, 2.05) is 0 Å². The zero-order chi connectivity index (χ0) is 13.9. The molecule has 6 nitrogen and oxygen atoms in total. The fraction of sp³-hybridized carbons (Fsp3) is 0.400. The average molecular weight is 291 g/mol. The first-order chi connectivity index (χ1) is 8.19. The van der Waals surface area contributed by atoms with Gasteiger partial charge in [0.25, 0.3) is 5.91 Å². The van der Waals surface area contributed by atoms with Crippen LogP contribution in [0.1, 0.15) is 26.3 Å². The van der Waals surface area contributed by atoms with E-state index in [-0.39, 0.29) is 15.5 Å². The second-order valence-electron chi connectivity index (χ2n) is 3.94. The van der Waals surface area contributed by atoms with Gasteiger partial charge in [0.1, 0.15) is 14.7 Å². The fourth-order valence-corrected chi connectivity index (χ4v) is 3.11. The van der Waals surface area contributed by atoms with Crippen LogP contribution in [0.4, 0.5) is 0 Å². The lowest BCUT2D eigenvalue weighted by Gasteiger charge is -2.11. The van der Waals surface area contributed by atoms with Crippen LogP contribution in [0.3, 0.4) is 0 Å². The van der Waals surface area contributed by atoms with Crippen molar-refractivity contribution in [3.8, 4) is 0 Å². The number of aromatic carboxylic acids is 1. The van der Waals surface area contributed by atoms with Crippen LogP contribution < -0.4 is 5.32 Å². The highest BCUT2D eigenvalue weighted by Gasteiger charge is 2.17. The molecule has 0 bridgehead atoms. The van der Waals surface area contributed by atoms with Crippen LogP contribution in [-0.4, -0.2) is 43.5 Å². The summed E-state index contributed by atoms with van der Waals surface area (Å²) in [5.74, 6) is -1.72. The molecule has 1 aromatic heterocycles. The van der Waals surface area contributed by atoms with E-state index in [0.717, 1.165) is 17.6 Å². The van der Waals surface area contributed by atoms with Crippen molar-refractivity contribution in [2.24, 2.45) is 0 Å².